The highest BCUT2D eigenvalue weighted by molar-refractivity contribution is 7.89. The summed E-state index contributed by atoms with van der Waals surface area (Å²) in [4.78, 5) is 19.3. The number of nitrogens with zero attached hydrogens (tertiary/aromatic N) is 3. The van der Waals surface area contributed by atoms with Crippen LogP contribution >= 0.6 is 0 Å². The molecule has 2 aromatic carbocycles. The molecule has 0 saturated carbocycles. The Labute approximate surface area is 171 Å². The molecule has 1 aliphatic heterocycles. The van der Waals surface area contributed by atoms with E-state index in [4.69, 9.17) is 4.84 Å². The van der Waals surface area contributed by atoms with E-state index in [9.17, 15) is 13.2 Å². The van der Waals surface area contributed by atoms with Crippen molar-refractivity contribution in [1.82, 2.24) is 9.21 Å². The second-order valence-electron chi connectivity index (χ2n) is 7.02. The van der Waals surface area contributed by atoms with Crippen molar-refractivity contribution < 1.29 is 18.0 Å². The average molecular weight is 416 g/mol. The molecule has 0 unspecified atom stereocenters. The van der Waals surface area contributed by atoms with Gasteiger partial charge in [-0.2, -0.15) is 4.31 Å². The molecule has 1 fully saturated rings. The van der Waals surface area contributed by atoms with Crippen LogP contribution in [-0.4, -0.2) is 62.5 Å². The Bertz CT molecular complexity index is 962. The highest BCUT2D eigenvalue weighted by atomic mass is 32.2. The predicted molar refractivity (Wildman–Crippen MR) is 111 cm³/mol. The molecule has 0 aromatic heterocycles. The molecule has 154 valence electrons. The monoisotopic (exact) mass is 415 g/mol. The van der Waals surface area contributed by atoms with Crippen LogP contribution in [0.4, 0.5) is 0 Å². The standard InChI is InChI=1S/C21H25N3O4S/c1-17-3-7-19(8-4-17)15-22-28-16-21(25)23-11-13-24(14-12-23)29(26,27)20-9-5-18(2)6-10-20/h3-10,15H,11-14,16H2,1-2H3/b22-15-. The first kappa shape index (κ1) is 21.0. The van der Waals surface area contributed by atoms with Gasteiger partial charge in [-0.15, -0.1) is 0 Å². The predicted octanol–water partition coefficient (Wildman–Crippen LogP) is 2.19. The smallest absolute Gasteiger partial charge is 0.263 e. The number of piperazine rings is 1. The fraction of sp³-hybridized carbons (Fsp3) is 0.333. The van der Waals surface area contributed by atoms with E-state index in [-0.39, 0.29) is 30.5 Å². The summed E-state index contributed by atoms with van der Waals surface area (Å²) in [6, 6.07) is 14.6. The molecule has 0 atom stereocenters. The lowest BCUT2D eigenvalue weighted by Crippen LogP contribution is -2.51. The lowest BCUT2D eigenvalue weighted by Gasteiger charge is -2.33. The first-order valence-corrected chi connectivity index (χ1v) is 10.9. The third-order valence-electron chi connectivity index (χ3n) is 4.79. The van der Waals surface area contributed by atoms with Gasteiger partial charge in [-0.25, -0.2) is 8.42 Å². The minimum atomic E-state index is -3.54. The van der Waals surface area contributed by atoms with E-state index in [2.05, 4.69) is 5.16 Å². The van der Waals surface area contributed by atoms with Crippen molar-refractivity contribution in [3.8, 4) is 0 Å². The van der Waals surface area contributed by atoms with Gasteiger partial charge in [0.05, 0.1) is 11.1 Å². The molecule has 0 bridgehead atoms. The summed E-state index contributed by atoms with van der Waals surface area (Å²) < 4.78 is 26.9. The molecule has 0 N–H and O–H groups in total. The number of hydrogen-bond acceptors (Lipinski definition) is 5. The Morgan fingerprint density at radius 2 is 1.52 bits per heavy atom. The van der Waals surface area contributed by atoms with Gasteiger partial charge < -0.3 is 9.74 Å². The van der Waals surface area contributed by atoms with Gasteiger partial charge in [0.2, 0.25) is 10.0 Å². The van der Waals surface area contributed by atoms with E-state index in [0.717, 1.165) is 16.7 Å². The Morgan fingerprint density at radius 3 is 2.10 bits per heavy atom. The fourth-order valence-electron chi connectivity index (χ4n) is 2.97. The minimum absolute atomic E-state index is 0.174. The molecule has 3 rings (SSSR count). The third-order valence-corrected chi connectivity index (χ3v) is 6.70. The summed E-state index contributed by atoms with van der Waals surface area (Å²) in [6.45, 7) is 4.91. The molecule has 1 aliphatic rings. The second kappa shape index (κ2) is 9.19. The molecule has 0 aliphatic carbocycles. The Morgan fingerprint density at radius 1 is 0.966 bits per heavy atom. The summed E-state index contributed by atoms with van der Waals surface area (Å²) in [5.74, 6) is -0.210. The summed E-state index contributed by atoms with van der Waals surface area (Å²) >= 11 is 0. The van der Waals surface area contributed by atoms with Crippen LogP contribution in [-0.2, 0) is 19.7 Å². The van der Waals surface area contributed by atoms with Gasteiger partial charge in [0.1, 0.15) is 0 Å². The van der Waals surface area contributed by atoms with Crippen molar-refractivity contribution in [2.24, 2.45) is 5.16 Å². The lowest BCUT2D eigenvalue weighted by atomic mass is 10.2. The fourth-order valence-corrected chi connectivity index (χ4v) is 4.39. The van der Waals surface area contributed by atoms with E-state index in [1.807, 2.05) is 38.1 Å². The van der Waals surface area contributed by atoms with Gasteiger partial charge in [-0.1, -0.05) is 52.7 Å². The summed E-state index contributed by atoms with van der Waals surface area (Å²) in [7, 11) is -3.54. The summed E-state index contributed by atoms with van der Waals surface area (Å²) in [5.41, 5.74) is 3.05. The van der Waals surface area contributed by atoms with Crippen LogP contribution < -0.4 is 0 Å². The normalized spacial score (nSPS) is 15.6. The number of rotatable bonds is 6. The zero-order valence-electron chi connectivity index (χ0n) is 16.6. The molecule has 8 heteroatoms. The molecular weight excluding hydrogens is 390 g/mol. The number of carbonyl (C=O) groups excluding carboxylic acids is 1. The van der Waals surface area contributed by atoms with E-state index in [1.165, 1.54) is 4.31 Å². The van der Waals surface area contributed by atoms with Crippen LogP contribution in [0.15, 0.2) is 58.6 Å². The van der Waals surface area contributed by atoms with Gasteiger partial charge in [0.15, 0.2) is 6.61 Å². The van der Waals surface area contributed by atoms with Crippen molar-refractivity contribution >= 4 is 22.1 Å². The van der Waals surface area contributed by atoms with Crippen molar-refractivity contribution in [3.05, 3.63) is 65.2 Å². The quantitative estimate of drug-likeness (QED) is 0.535. The molecule has 2 aromatic rings. The van der Waals surface area contributed by atoms with Crippen LogP contribution in [0.1, 0.15) is 16.7 Å². The van der Waals surface area contributed by atoms with Gasteiger partial charge >= 0.3 is 0 Å². The first-order valence-electron chi connectivity index (χ1n) is 9.43. The molecule has 7 nitrogen and oxygen atoms in total. The average Bonchev–Trinajstić information content (AvgIpc) is 2.73. The second-order valence-corrected chi connectivity index (χ2v) is 8.95. The Balaban J connectivity index is 1.47. The summed E-state index contributed by atoms with van der Waals surface area (Å²) in [6.07, 6.45) is 1.55. The Kier molecular flexibility index (Phi) is 6.66. The van der Waals surface area contributed by atoms with Gasteiger partial charge in [-0.3, -0.25) is 4.79 Å². The molecule has 29 heavy (non-hydrogen) atoms. The largest absolute Gasteiger partial charge is 0.386 e. The number of oxime groups is 1. The maximum atomic E-state index is 12.7. The molecule has 1 saturated heterocycles. The lowest BCUT2D eigenvalue weighted by molar-refractivity contribution is -0.137. The number of benzene rings is 2. The van der Waals surface area contributed by atoms with Gasteiger partial charge in [0, 0.05) is 26.2 Å². The Hall–Kier alpha value is -2.71. The number of amides is 1. The van der Waals surface area contributed by atoms with Crippen LogP contribution in [0.5, 0.6) is 0 Å². The summed E-state index contributed by atoms with van der Waals surface area (Å²) in [5, 5.41) is 3.83. The molecule has 0 radical (unpaired) electrons. The number of hydrogen-bond donors (Lipinski definition) is 0. The van der Waals surface area contributed by atoms with E-state index >= 15 is 0 Å². The van der Waals surface area contributed by atoms with Crippen molar-refractivity contribution in [3.63, 3.8) is 0 Å². The maximum absolute atomic E-state index is 12.7. The first-order chi connectivity index (χ1) is 13.9. The van der Waals surface area contributed by atoms with Gasteiger partial charge in [-0.05, 0) is 31.5 Å². The topological polar surface area (TPSA) is 79.3 Å². The highest BCUT2D eigenvalue weighted by Gasteiger charge is 2.30. The zero-order valence-corrected chi connectivity index (χ0v) is 17.4. The molecule has 1 heterocycles. The van der Waals surface area contributed by atoms with Crippen LogP contribution in [0, 0.1) is 13.8 Å². The highest BCUT2D eigenvalue weighted by Crippen LogP contribution is 2.18. The van der Waals surface area contributed by atoms with Crippen LogP contribution in [0.25, 0.3) is 0 Å². The van der Waals surface area contributed by atoms with Crippen molar-refractivity contribution in [1.29, 1.82) is 0 Å². The third kappa shape index (κ3) is 5.42. The number of sulfonamides is 1. The van der Waals surface area contributed by atoms with Crippen molar-refractivity contribution in [2.45, 2.75) is 18.7 Å². The van der Waals surface area contributed by atoms with E-state index in [0.29, 0.717) is 13.1 Å². The van der Waals surface area contributed by atoms with Gasteiger partial charge in [0.25, 0.3) is 5.91 Å². The molecular formula is C21H25N3O4S. The zero-order chi connectivity index (χ0) is 20.9. The number of aryl methyl sites for hydroxylation is 2. The van der Waals surface area contributed by atoms with Crippen molar-refractivity contribution in [2.75, 3.05) is 32.8 Å². The van der Waals surface area contributed by atoms with Crippen LogP contribution in [0.3, 0.4) is 0 Å². The molecule has 0 spiro atoms. The van der Waals surface area contributed by atoms with E-state index < -0.39 is 10.0 Å². The number of carbonyl (C=O) groups is 1. The minimum Gasteiger partial charge on any atom is -0.386 e. The molecule has 1 amide bonds. The SMILES string of the molecule is Cc1ccc(/C=N\OCC(=O)N2CCN(S(=O)(=O)c3ccc(C)cc3)CC2)cc1. The maximum Gasteiger partial charge on any atom is 0.263 e. The van der Waals surface area contributed by atoms with E-state index in [1.54, 1.807) is 35.4 Å². The van der Waals surface area contributed by atoms with Crippen LogP contribution in [0.2, 0.25) is 0 Å².